The second-order valence-corrected chi connectivity index (χ2v) is 6.89. The number of hydrogen-bond donors (Lipinski definition) is 1. The molecule has 0 bridgehead atoms. The maximum Gasteiger partial charge on any atom is 0.326 e. The predicted octanol–water partition coefficient (Wildman–Crippen LogP) is 3.83. The third kappa shape index (κ3) is 2.92. The number of benzene rings is 1. The van der Waals surface area contributed by atoms with Gasteiger partial charge in [-0.3, -0.25) is 14.3 Å². The van der Waals surface area contributed by atoms with Gasteiger partial charge in [0.25, 0.3) is 5.56 Å². The second-order valence-electron chi connectivity index (χ2n) is 6.04. The summed E-state index contributed by atoms with van der Waals surface area (Å²) in [7, 11) is 0. The molecule has 1 unspecified atom stereocenters. The molecule has 6 nitrogen and oxygen atoms in total. The number of aromatic nitrogens is 3. The van der Waals surface area contributed by atoms with Gasteiger partial charge in [-0.25, -0.2) is 9.78 Å². The van der Waals surface area contributed by atoms with Gasteiger partial charge in [0.2, 0.25) is 0 Å². The largest absolute Gasteiger partial charge is 0.480 e. The molecule has 0 fully saturated rings. The van der Waals surface area contributed by atoms with Crippen molar-refractivity contribution >= 4 is 27.5 Å². The van der Waals surface area contributed by atoms with Crippen LogP contribution in [0.4, 0.5) is 0 Å². The van der Waals surface area contributed by atoms with Gasteiger partial charge < -0.3 is 5.11 Å². The van der Waals surface area contributed by atoms with Crippen molar-refractivity contribution in [1.29, 1.82) is 0 Å². The lowest BCUT2D eigenvalue weighted by Gasteiger charge is -2.16. The molecule has 3 aromatic heterocycles. The predicted molar refractivity (Wildman–Crippen MR) is 105 cm³/mol. The summed E-state index contributed by atoms with van der Waals surface area (Å²) >= 11 is 1.36. The van der Waals surface area contributed by atoms with Crippen LogP contribution < -0.4 is 5.56 Å². The molecule has 4 aromatic rings. The first-order valence-electron chi connectivity index (χ1n) is 8.31. The Labute approximate surface area is 158 Å². The van der Waals surface area contributed by atoms with Gasteiger partial charge in [0.1, 0.15) is 16.6 Å². The quantitative estimate of drug-likeness (QED) is 0.584. The van der Waals surface area contributed by atoms with E-state index in [1.807, 2.05) is 35.7 Å². The van der Waals surface area contributed by atoms with Crippen LogP contribution in [-0.2, 0) is 4.79 Å². The number of nitrogens with zero attached hydrogens (tertiary/aromatic N) is 3. The Hall–Kier alpha value is -3.32. The van der Waals surface area contributed by atoms with Crippen molar-refractivity contribution in [3.63, 3.8) is 0 Å². The Balaban J connectivity index is 2.07. The summed E-state index contributed by atoms with van der Waals surface area (Å²) in [5, 5.41) is 11.8. The highest BCUT2D eigenvalue weighted by molar-refractivity contribution is 7.17. The summed E-state index contributed by atoms with van der Waals surface area (Å²) in [5.41, 5.74) is 1.73. The van der Waals surface area contributed by atoms with Gasteiger partial charge in [0.05, 0.1) is 5.39 Å². The standard InChI is InChI=1S/C20H15N3O3S/c1-12(20(25)26)23-17(15-9-5-6-10-21-15)22-18-16(19(23)24)14(11-27-18)13-7-3-2-4-8-13/h2-12H,1H3,(H,25,26). The fourth-order valence-corrected chi connectivity index (χ4v) is 3.92. The molecule has 7 heteroatoms. The van der Waals surface area contributed by atoms with E-state index in [0.29, 0.717) is 15.9 Å². The molecule has 0 aliphatic heterocycles. The van der Waals surface area contributed by atoms with Crippen LogP contribution in [0, 0.1) is 0 Å². The molecule has 3 heterocycles. The summed E-state index contributed by atoms with van der Waals surface area (Å²) in [6.07, 6.45) is 1.59. The van der Waals surface area contributed by atoms with Crippen molar-refractivity contribution in [3.8, 4) is 22.6 Å². The highest BCUT2D eigenvalue weighted by Gasteiger charge is 2.24. The number of pyridine rings is 1. The smallest absolute Gasteiger partial charge is 0.326 e. The molecule has 134 valence electrons. The van der Waals surface area contributed by atoms with Gasteiger partial charge in [-0.05, 0) is 24.6 Å². The summed E-state index contributed by atoms with van der Waals surface area (Å²) in [5.74, 6) is -0.851. The van der Waals surface area contributed by atoms with Crippen LogP contribution >= 0.6 is 11.3 Å². The molecule has 1 atom stereocenters. The van der Waals surface area contributed by atoms with E-state index in [1.165, 1.54) is 22.8 Å². The number of carbonyl (C=O) groups is 1. The fraction of sp³-hybridized carbons (Fsp3) is 0.100. The number of aliphatic carboxylic acids is 1. The van der Waals surface area contributed by atoms with Crippen molar-refractivity contribution in [2.24, 2.45) is 0 Å². The number of carboxylic acid groups (broad SMARTS) is 1. The first-order chi connectivity index (χ1) is 13.1. The number of rotatable bonds is 4. The lowest BCUT2D eigenvalue weighted by Crippen LogP contribution is -2.30. The topological polar surface area (TPSA) is 85.1 Å². The number of thiophene rings is 1. The maximum absolute atomic E-state index is 13.4. The van der Waals surface area contributed by atoms with Gasteiger partial charge in [0.15, 0.2) is 5.82 Å². The Morgan fingerprint density at radius 3 is 2.56 bits per heavy atom. The Morgan fingerprint density at radius 1 is 1.15 bits per heavy atom. The van der Waals surface area contributed by atoms with Crippen LogP contribution in [0.3, 0.4) is 0 Å². The lowest BCUT2D eigenvalue weighted by molar-refractivity contribution is -0.140. The molecule has 0 saturated carbocycles. The van der Waals surface area contributed by atoms with Crippen LogP contribution in [-0.4, -0.2) is 25.6 Å². The van der Waals surface area contributed by atoms with E-state index in [1.54, 1.807) is 24.4 Å². The molecule has 0 aliphatic carbocycles. The number of carboxylic acids is 1. The molecular weight excluding hydrogens is 362 g/mol. The van der Waals surface area contributed by atoms with E-state index < -0.39 is 12.0 Å². The van der Waals surface area contributed by atoms with Crippen LogP contribution in [0.15, 0.2) is 64.9 Å². The summed E-state index contributed by atoms with van der Waals surface area (Å²) in [6.45, 7) is 1.47. The third-order valence-corrected chi connectivity index (χ3v) is 5.24. The Bertz CT molecular complexity index is 1180. The molecule has 4 rings (SSSR count). The highest BCUT2D eigenvalue weighted by Crippen LogP contribution is 2.32. The van der Waals surface area contributed by atoms with E-state index in [2.05, 4.69) is 9.97 Å². The van der Waals surface area contributed by atoms with Crippen molar-refractivity contribution in [3.05, 3.63) is 70.5 Å². The first kappa shape index (κ1) is 17.1. The Kier molecular flexibility index (Phi) is 4.29. The zero-order valence-corrected chi connectivity index (χ0v) is 15.2. The molecule has 0 aliphatic rings. The zero-order valence-electron chi connectivity index (χ0n) is 14.4. The lowest BCUT2D eigenvalue weighted by atomic mass is 10.1. The third-order valence-electron chi connectivity index (χ3n) is 4.36. The first-order valence-corrected chi connectivity index (χ1v) is 9.19. The van der Waals surface area contributed by atoms with Gasteiger partial charge in [-0.2, -0.15) is 0 Å². The molecule has 0 saturated heterocycles. The van der Waals surface area contributed by atoms with Gasteiger partial charge in [0, 0.05) is 17.1 Å². The average Bonchev–Trinajstić information content (AvgIpc) is 3.13. The molecular formula is C20H15N3O3S. The van der Waals surface area contributed by atoms with Crippen LogP contribution in [0.5, 0.6) is 0 Å². The average molecular weight is 377 g/mol. The summed E-state index contributed by atoms with van der Waals surface area (Å²) in [6, 6.07) is 13.7. The van der Waals surface area contributed by atoms with Gasteiger partial charge >= 0.3 is 5.97 Å². The second kappa shape index (κ2) is 6.77. The van der Waals surface area contributed by atoms with Gasteiger partial charge in [-0.1, -0.05) is 36.4 Å². The minimum Gasteiger partial charge on any atom is -0.480 e. The molecule has 1 N–H and O–H groups in total. The van der Waals surface area contributed by atoms with E-state index in [4.69, 9.17) is 0 Å². The van der Waals surface area contributed by atoms with Crippen LogP contribution in [0.2, 0.25) is 0 Å². The van der Waals surface area contributed by atoms with Crippen LogP contribution in [0.25, 0.3) is 32.9 Å². The number of hydrogen-bond acceptors (Lipinski definition) is 5. The van der Waals surface area contributed by atoms with E-state index in [-0.39, 0.29) is 11.4 Å². The SMILES string of the molecule is CC(C(=O)O)n1c(-c2ccccn2)nc2scc(-c3ccccc3)c2c1=O. The molecule has 1 aromatic carbocycles. The van der Waals surface area contributed by atoms with Crippen molar-refractivity contribution in [2.45, 2.75) is 13.0 Å². The molecule has 0 spiro atoms. The fourth-order valence-electron chi connectivity index (χ4n) is 2.98. The molecule has 0 radical (unpaired) electrons. The van der Waals surface area contributed by atoms with Gasteiger partial charge in [-0.15, -0.1) is 11.3 Å². The minimum atomic E-state index is -1.10. The summed E-state index contributed by atoms with van der Waals surface area (Å²) in [4.78, 5) is 34.5. The highest BCUT2D eigenvalue weighted by atomic mass is 32.1. The normalized spacial score (nSPS) is 12.2. The maximum atomic E-state index is 13.4. The molecule has 27 heavy (non-hydrogen) atoms. The van der Waals surface area contributed by atoms with Crippen molar-refractivity contribution in [2.75, 3.05) is 0 Å². The van der Waals surface area contributed by atoms with Crippen molar-refractivity contribution < 1.29 is 9.90 Å². The van der Waals surface area contributed by atoms with E-state index in [9.17, 15) is 14.7 Å². The molecule has 0 amide bonds. The zero-order chi connectivity index (χ0) is 19.0. The monoisotopic (exact) mass is 377 g/mol. The van der Waals surface area contributed by atoms with Crippen molar-refractivity contribution in [1.82, 2.24) is 14.5 Å². The Morgan fingerprint density at radius 2 is 1.89 bits per heavy atom. The van der Waals surface area contributed by atoms with E-state index >= 15 is 0 Å². The minimum absolute atomic E-state index is 0.254. The van der Waals surface area contributed by atoms with Crippen LogP contribution in [0.1, 0.15) is 13.0 Å². The number of fused-ring (bicyclic) bond motifs is 1. The van der Waals surface area contributed by atoms with E-state index in [0.717, 1.165) is 11.1 Å². The summed E-state index contributed by atoms with van der Waals surface area (Å²) < 4.78 is 1.21.